The summed E-state index contributed by atoms with van der Waals surface area (Å²) >= 11 is 0. The summed E-state index contributed by atoms with van der Waals surface area (Å²) < 4.78 is 13.2. The third kappa shape index (κ3) is 3.98. The van der Waals surface area contributed by atoms with Gasteiger partial charge in [0, 0.05) is 0 Å². The van der Waals surface area contributed by atoms with Crippen LogP contribution in [-0.2, 0) is 0 Å². The molecule has 0 aromatic heterocycles. The van der Waals surface area contributed by atoms with Gasteiger partial charge in [0.15, 0.2) is 0 Å². The van der Waals surface area contributed by atoms with Gasteiger partial charge in [-0.05, 0) is 26.2 Å². The molecule has 2 heteroatoms. The summed E-state index contributed by atoms with van der Waals surface area (Å²) in [4.78, 5) is 0. The van der Waals surface area contributed by atoms with Gasteiger partial charge in [-0.25, -0.2) is 4.39 Å². The van der Waals surface area contributed by atoms with Crippen LogP contribution in [0.3, 0.4) is 0 Å². The highest BCUT2D eigenvalue weighted by molar-refractivity contribution is 4.94. The predicted octanol–water partition coefficient (Wildman–Crippen LogP) is 2.92. The number of alkyl halides is 1. The van der Waals surface area contributed by atoms with E-state index in [1.165, 1.54) is 13.8 Å². The van der Waals surface area contributed by atoms with E-state index in [4.69, 9.17) is 5.26 Å². The molecule has 0 saturated heterocycles. The molecule has 0 bridgehead atoms. The van der Waals surface area contributed by atoms with Crippen molar-refractivity contribution < 1.29 is 4.39 Å². The van der Waals surface area contributed by atoms with E-state index in [0.717, 1.165) is 0 Å². The Labute approximate surface area is 68.2 Å². The number of hydrogen-bond donors (Lipinski definition) is 0. The molecule has 0 aromatic rings. The zero-order valence-corrected chi connectivity index (χ0v) is 7.69. The van der Waals surface area contributed by atoms with Crippen LogP contribution >= 0.6 is 0 Å². The lowest BCUT2D eigenvalue weighted by Crippen LogP contribution is -2.25. The lowest BCUT2D eigenvalue weighted by Gasteiger charge is -2.21. The van der Waals surface area contributed by atoms with Crippen LogP contribution in [0.2, 0.25) is 0 Å². The van der Waals surface area contributed by atoms with Crippen molar-refractivity contribution in [1.82, 2.24) is 0 Å². The second-order valence-electron chi connectivity index (χ2n) is 3.88. The van der Waals surface area contributed by atoms with E-state index in [9.17, 15) is 4.39 Å². The third-order valence-corrected chi connectivity index (χ3v) is 1.69. The van der Waals surface area contributed by atoms with E-state index in [0.29, 0.717) is 12.3 Å². The fourth-order valence-corrected chi connectivity index (χ4v) is 0.958. The van der Waals surface area contributed by atoms with Gasteiger partial charge in [-0.3, -0.25) is 0 Å². The van der Waals surface area contributed by atoms with E-state index in [1.54, 1.807) is 0 Å². The molecule has 0 aliphatic heterocycles. The summed E-state index contributed by atoms with van der Waals surface area (Å²) in [6, 6.07) is 2.00. The molecule has 1 unspecified atom stereocenters. The van der Waals surface area contributed by atoms with Crippen molar-refractivity contribution in [3.05, 3.63) is 0 Å². The number of hydrogen-bond acceptors (Lipinski definition) is 1. The Kier molecular flexibility index (Phi) is 3.51. The van der Waals surface area contributed by atoms with Crippen molar-refractivity contribution in [1.29, 1.82) is 5.26 Å². The molecule has 0 fully saturated rings. The first-order valence-corrected chi connectivity index (χ1v) is 3.96. The Balaban J connectivity index is 4.11. The largest absolute Gasteiger partial charge is 0.243 e. The average molecular weight is 157 g/mol. The van der Waals surface area contributed by atoms with Crippen LogP contribution in [-0.4, -0.2) is 5.67 Å². The molecule has 1 nitrogen and oxygen atoms in total. The first-order valence-electron chi connectivity index (χ1n) is 3.96. The van der Waals surface area contributed by atoms with Crippen molar-refractivity contribution in [2.24, 2.45) is 11.8 Å². The van der Waals surface area contributed by atoms with Crippen molar-refractivity contribution in [2.45, 2.75) is 39.8 Å². The van der Waals surface area contributed by atoms with E-state index in [2.05, 4.69) is 0 Å². The van der Waals surface area contributed by atoms with Gasteiger partial charge in [0.1, 0.15) is 5.67 Å². The quantitative estimate of drug-likeness (QED) is 0.618. The molecule has 0 N–H and O–H groups in total. The van der Waals surface area contributed by atoms with Crippen LogP contribution in [0, 0.1) is 23.2 Å². The van der Waals surface area contributed by atoms with Gasteiger partial charge in [-0.2, -0.15) is 5.26 Å². The maximum absolute atomic E-state index is 13.2. The molecular formula is C9H16FN. The first-order chi connectivity index (χ1) is 4.88. The summed E-state index contributed by atoms with van der Waals surface area (Å²) in [6.07, 6.45) is 0.639. The average Bonchev–Trinajstić information content (AvgIpc) is 1.79. The van der Waals surface area contributed by atoms with Gasteiger partial charge >= 0.3 is 0 Å². The molecule has 0 aliphatic rings. The summed E-state index contributed by atoms with van der Waals surface area (Å²) in [7, 11) is 0. The Hall–Kier alpha value is -0.580. The molecule has 0 spiro atoms. The molecule has 64 valence electrons. The molecule has 0 heterocycles. The summed E-state index contributed by atoms with van der Waals surface area (Å²) in [5.41, 5.74) is -1.36. The predicted molar refractivity (Wildman–Crippen MR) is 43.7 cm³/mol. The van der Waals surface area contributed by atoms with Gasteiger partial charge < -0.3 is 0 Å². The van der Waals surface area contributed by atoms with E-state index in [1.807, 2.05) is 19.9 Å². The van der Waals surface area contributed by atoms with Crippen molar-refractivity contribution >= 4 is 0 Å². The lowest BCUT2D eigenvalue weighted by molar-refractivity contribution is 0.142. The SMILES string of the molecule is CC(C)CC(C#N)C(C)(C)F. The highest BCUT2D eigenvalue weighted by atomic mass is 19.1. The Morgan fingerprint density at radius 2 is 1.91 bits per heavy atom. The monoisotopic (exact) mass is 157 g/mol. The minimum absolute atomic E-state index is 0.384. The molecular weight excluding hydrogens is 141 g/mol. The van der Waals surface area contributed by atoms with E-state index in [-0.39, 0.29) is 0 Å². The highest BCUT2D eigenvalue weighted by Gasteiger charge is 2.29. The topological polar surface area (TPSA) is 23.8 Å². The lowest BCUT2D eigenvalue weighted by atomic mass is 9.87. The summed E-state index contributed by atoms with van der Waals surface area (Å²) in [5.74, 6) is -0.0859. The van der Waals surface area contributed by atoms with Crippen molar-refractivity contribution in [3.63, 3.8) is 0 Å². The fourth-order valence-electron chi connectivity index (χ4n) is 0.958. The Morgan fingerprint density at radius 1 is 1.45 bits per heavy atom. The molecule has 0 aliphatic carbocycles. The minimum atomic E-state index is -1.36. The number of rotatable bonds is 3. The van der Waals surface area contributed by atoms with Crippen LogP contribution in [0.5, 0.6) is 0 Å². The molecule has 0 radical (unpaired) electrons. The van der Waals surface area contributed by atoms with E-state index < -0.39 is 11.6 Å². The fraction of sp³-hybridized carbons (Fsp3) is 0.889. The second-order valence-corrected chi connectivity index (χ2v) is 3.88. The number of nitriles is 1. The van der Waals surface area contributed by atoms with Crippen molar-refractivity contribution in [2.75, 3.05) is 0 Å². The van der Waals surface area contributed by atoms with Crippen LogP contribution in [0.4, 0.5) is 4.39 Å². The summed E-state index contributed by atoms with van der Waals surface area (Å²) in [5, 5.41) is 8.62. The molecule has 0 saturated carbocycles. The molecule has 0 aromatic carbocycles. The van der Waals surface area contributed by atoms with E-state index >= 15 is 0 Å². The smallest absolute Gasteiger partial charge is 0.121 e. The van der Waals surface area contributed by atoms with Crippen LogP contribution in [0.15, 0.2) is 0 Å². The normalized spacial score (nSPS) is 14.6. The maximum Gasteiger partial charge on any atom is 0.121 e. The minimum Gasteiger partial charge on any atom is -0.243 e. The van der Waals surface area contributed by atoms with Gasteiger partial charge in [-0.1, -0.05) is 13.8 Å². The van der Waals surface area contributed by atoms with Crippen LogP contribution in [0.1, 0.15) is 34.1 Å². The maximum atomic E-state index is 13.2. The summed E-state index contributed by atoms with van der Waals surface area (Å²) in [6.45, 7) is 6.92. The molecule has 11 heavy (non-hydrogen) atoms. The van der Waals surface area contributed by atoms with Gasteiger partial charge in [-0.15, -0.1) is 0 Å². The van der Waals surface area contributed by atoms with Gasteiger partial charge in [0.2, 0.25) is 0 Å². The third-order valence-electron chi connectivity index (χ3n) is 1.69. The van der Waals surface area contributed by atoms with Crippen LogP contribution < -0.4 is 0 Å². The molecule has 0 rings (SSSR count). The zero-order valence-electron chi connectivity index (χ0n) is 7.69. The van der Waals surface area contributed by atoms with Gasteiger partial charge in [0.25, 0.3) is 0 Å². The first kappa shape index (κ1) is 10.4. The number of nitrogens with zero attached hydrogens (tertiary/aromatic N) is 1. The van der Waals surface area contributed by atoms with Gasteiger partial charge in [0.05, 0.1) is 12.0 Å². The zero-order chi connectivity index (χ0) is 9.07. The Bertz CT molecular complexity index is 150. The van der Waals surface area contributed by atoms with Crippen molar-refractivity contribution in [3.8, 4) is 6.07 Å². The number of halogens is 1. The highest BCUT2D eigenvalue weighted by Crippen LogP contribution is 2.26. The molecule has 0 amide bonds. The Morgan fingerprint density at radius 3 is 2.00 bits per heavy atom. The standard InChI is InChI=1S/C9H16FN/c1-7(2)5-8(6-11)9(3,4)10/h7-8H,5H2,1-4H3. The second kappa shape index (κ2) is 3.71. The molecule has 1 atom stereocenters. The van der Waals surface area contributed by atoms with Crippen LogP contribution in [0.25, 0.3) is 0 Å².